The molecule has 4 rings (SSSR count). The number of fused-ring (bicyclic) bond motifs is 2. The van der Waals surface area contributed by atoms with Crippen molar-refractivity contribution in [3.8, 4) is 11.4 Å². The molecule has 2 heterocycles. The van der Waals surface area contributed by atoms with E-state index in [-0.39, 0.29) is 11.4 Å². The van der Waals surface area contributed by atoms with Gasteiger partial charge < -0.3 is 9.97 Å². The molecule has 0 unspecified atom stereocenters. The summed E-state index contributed by atoms with van der Waals surface area (Å²) in [6.07, 6.45) is 0. The number of nitrogens with zero attached hydrogens (tertiary/aromatic N) is 3. The number of non-ortho nitro benzene ring substituents is 1. The van der Waals surface area contributed by atoms with E-state index in [2.05, 4.69) is 15.0 Å². The number of nitrogens with one attached hydrogen (secondary N) is 2. The highest BCUT2D eigenvalue weighted by atomic mass is 16.6. The number of aromatic nitrogens is 4. The fourth-order valence-corrected chi connectivity index (χ4v) is 2.61. The van der Waals surface area contributed by atoms with Crippen LogP contribution in [0.15, 0.2) is 41.2 Å². The van der Waals surface area contributed by atoms with Gasteiger partial charge in [-0.25, -0.2) is 9.78 Å². The van der Waals surface area contributed by atoms with Gasteiger partial charge in [-0.1, -0.05) is 0 Å². The molecular weight excluding hydrogens is 298 g/mol. The van der Waals surface area contributed by atoms with Crippen molar-refractivity contribution in [1.29, 1.82) is 0 Å². The zero-order valence-electron chi connectivity index (χ0n) is 12.0. The number of aryl methyl sites for hydroxylation is 1. The second-order valence-electron chi connectivity index (χ2n) is 5.27. The van der Waals surface area contributed by atoms with E-state index in [0.29, 0.717) is 5.82 Å². The van der Waals surface area contributed by atoms with Gasteiger partial charge in [0.05, 0.1) is 27.0 Å². The molecule has 0 fully saturated rings. The molecule has 0 aliphatic rings. The van der Waals surface area contributed by atoms with Gasteiger partial charge >= 0.3 is 5.69 Å². The van der Waals surface area contributed by atoms with E-state index in [9.17, 15) is 14.9 Å². The van der Waals surface area contributed by atoms with Crippen molar-refractivity contribution < 1.29 is 4.92 Å². The monoisotopic (exact) mass is 309 g/mol. The van der Waals surface area contributed by atoms with Crippen molar-refractivity contribution in [2.24, 2.45) is 7.05 Å². The second-order valence-corrected chi connectivity index (χ2v) is 5.27. The number of aromatic amines is 2. The Morgan fingerprint density at radius 3 is 2.57 bits per heavy atom. The summed E-state index contributed by atoms with van der Waals surface area (Å²) in [6, 6.07) is 9.84. The molecule has 0 saturated carbocycles. The van der Waals surface area contributed by atoms with Crippen LogP contribution in [0.3, 0.4) is 0 Å². The average molecular weight is 309 g/mol. The van der Waals surface area contributed by atoms with Gasteiger partial charge in [0.15, 0.2) is 0 Å². The van der Waals surface area contributed by atoms with Gasteiger partial charge in [0.2, 0.25) is 0 Å². The molecular formula is C15H11N5O3. The van der Waals surface area contributed by atoms with E-state index in [4.69, 9.17) is 0 Å². The van der Waals surface area contributed by atoms with E-state index < -0.39 is 4.92 Å². The molecule has 114 valence electrons. The Balaban J connectivity index is 1.86. The summed E-state index contributed by atoms with van der Waals surface area (Å²) in [5.41, 5.74) is 3.61. The van der Waals surface area contributed by atoms with Crippen LogP contribution in [0.1, 0.15) is 0 Å². The average Bonchev–Trinajstić information content (AvgIpc) is 3.07. The van der Waals surface area contributed by atoms with Crippen LogP contribution >= 0.6 is 0 Å². The molecule has 8 nitrogen and oxygen atoms in total. The van der Waals surface area contributed by atoms with Gasteiger partial charge in [-0.3, -0.25) is 14.7 Å². The number of hydrogen-bond donors (Lipinski definition) is 2. The molecule has 0 spiro atoms. The maximum Gasteiger partial charge on any atom is 0.326 e. The third-order valence-corrected chi connectivity index (χ3v) is 3.86. The standard InChI is InChI=1S/C15H11N5O3/c1-19-13-7-11-10(6-12(13)18-15(19)21)16-14(17-11)8-2-4-9(5-3-8)20(22)23/h2-7H,1H3,(H,16,17)(H,18,21). The lowest BCUT2D eigenvalue weighted by atomic mass is 10.2. The molecule has 0 aliphatic heterocycles. The van der Waals surface area contributed by atoms with Gasteiger partial charge in [0, 0.05) is 24.7 Å². The summed E-state index contributed by atoms with van der Waals surface area (Å²) in [7, 11) is 1.69. The van der Waals surface area contributed by atoms with E-state index in [1.165, 1.54) is 16.7 Å². The van der Waals surface area contributed by atoms with Crippen molar-refractivity contribution in [2.45, 2.75) is 0 Å². The summed E-state index contributed by atoms with van der Waals surface area (Å²) < 4.78 is 1.52. The first-order chi connectivity index (χ1) is 11.0. The molecule has 23 heavy (non-hydrogen) atoms. The Hall–Kier alpha value is -3.42. The Labute approximate surface area is 128 Å². The minimum Gasteiger partial charge on any atom is -0.338 e. The highest BCUT2D eigenvalue weighted by Crippen LogP contribution is 2.25. The first kappa shape index (κ1) is 13.3. The van der Waals surface area contributed by atoms with Crippen LogP contribution in [-0.4, -0.2) is 24.4 Å². The normalized spacial score (nSPS) is 11.3. The van der Waals surface area contributed by atoms with Crippen LogP contribution in [0.25, 0.3) is 33.5 Å². The number of rotatable bonds is 2. The molecule has 0 radical (unpaired) electrons. The molecule has 2 aromatic heterocycles. The minimum absolute atomic E-state index is 0.0353. The van der Waals surface area contributed by atoms with Crippen molar-refractivity contribution >= 4 is 27.8 Å². The highest BCUT2D eigenvalue weighted by molar-refractivity contribution is 5.92. The molecule has 0 atom stereocenters. The van der Waals surface area contributed by atoms with Gasteiger partial charge in [0.1, 0.15) is 5.82 Å². The summed E-state index contributed by atoms with van der Waals surface area (Å²) >= 11 is 0. The van der Waals surface area contributed by atoms with Crippen molar-refractivity contribution in [1.82, 2.24) is 19.5 Å². The van der Waals surface area contributed by atoms with Gasteiger partial charge in [-0.2, -0.15) is 0 Å². The quantitative estimate of drug-likeness (QED) is 0.437. The number of hydrogen-bond acceptors (Lipinski definition) is 4. The number of nitro groups is 1. The Bertz CT molecular complexity index is 1120. The molecule has 0 saturated heterocycles. The predicted molar refractivity (Wildman–Crippen MR) is 85.3 cm³/mol. The first-order valence-corrected chi connectivity index (χ1v) is 6.86. The minimum atomic E-state index is -0.439. The van der Waals surface area contributed by atoms with Crippen molar-refractivity contribution in [2.75, 3.05) is 0 Å². The van der Waals surface area contributed by atoms with Crippen LogP contribution in [0.5, 0.6) is 0 Å². The maximum absolute atomic E-state index is 11.6. The molecule has 2 aromatic carbocycles. The topological polar surface area (TPSA) is 110 Å². The third-order valence-electron chi connectivity index (χ3n) is 3.86. The lowest BCUT2D eigenvalue weighted by molar-refractivity contribution is -0.384. The maximum atomic E-state index is 11.6. The Morgan fingerprint density at radius 1 is 1.13 bits per heavy atom. The van der Waals surface area contributed by atoms with Crippen LogP contribution in [0.4, 0.5) is 5.69 Å². The molecule has 4 aromatic rings. The Morgan fingerprint density at radius 2 is 1.87 bits per heavy atom. The predicted octanol–water partition coefficient (Wildman–Crippen LogP) is 2.32. The largest absolute Gasteiger partial charge is 0.338 e. The highest BCUT2D eigenvalue weighted by Gasteiger charge is 2.11. The van der Waals surface area contributed by atoms with Crippen molar-refractivity contribution in [3.63, 3.8) is 0 Å². The SMILES string of the molecule is Cn1c(=O)[nH]c2cc3[nH]c(-c4ccc([N+](=O)[O-])cc4)nc3cc21. The molecule has 8 heteroatoms. The lowest BCUT2D eigenvalue weighted by Crippen LogP contribution is -2.11. The summed E-state index contributed by atoms with van der Waals surface area (Å²) in [5, 5.41) is 10.7. The summed E-state index contributed by atoms with van der Waals surface area (Å²) in [4.78, 5) is 32.3. The second kappa shape index (κ2) is 4.54. The zero-order chi connectivity index (χ0) is 16.1. The fraction of sp³-hybridized carbons (Fsp3) is 0.0667. The number of imidazole rings is 2. The zero-order valence-corrected chi connectivity index (χ0v) is 12.0. The smallest absolute Gasteiger partial charge is 0.326 e. The van der Waals surface area contributed by atoms with Crippen molar-refractivity contribution in [3.05, 3.63) is 57.0 Å². The number of nitro benzene ring substituents is 1. The third kappa shape index (κ3) is 2.00. The van der Waals surface area contributed by atoms with Crippen LogP contribution in [0.2, 0.25) is 0 Å². The summed E-state index contributed by atoms with van der Waals surface area (Å²) in [5.74, 6) is 0.618. The van der Waals surface area contributed by atoms with E-state index in [0.717, 1.165) is 27.6 Å². The van der Waals surface area contributed by atoms with Gasteiger partial charge in [-0.05, 0) is 24.3 Å². The number of benzene rings is 2. The van der Waals surface area contributed by atoms with Gasteiger partial charge in [-0.15, -0.1) is 0 Å². The van der Waals surface area contributed by atoms with Crippen LogP contribution in [0, 0.1) is 10.1 Å². The van der Waals surface area contributed by atoms with Crippen LogP contribution < -0.4 is 5.69 Å². The molecule has 2 N–H and O–H groups in total. The van der Waals surface area contributed by atoms with E-state index >= 15 is 0 Å². The molecule has 0 amide bonds. The summed E-state index contributed by atoms with van der Waals surface area (Å²) in [6.45, 7) is 0. The fourth-order valence-electron chi connectivity index (χ4n) is 2.61. The molecule has 0 bridgehead atoms. The first-order valence-electron chi connectivity index (χ1n) is 6.86. The van der Waals surface area contributed by atoms with E-state index in [1.54, 1.807) is 19.2 Å². The molecule has 0 aliphatic carbocycles. The lowest BCUT2D eigenvalue weighted by Gasteiger charge is -1.95. The Kier molecular flexibility index (Phi) is 2.61. The van der Waals surface area contributed by atoms with Crippen LogP contribution in [-0.2, 0) is 7.05 Å². The van der Waals surface area contributed by atoms with E-state index in [1.807, 2.05) is 12.1 Å². The van der Waals surface area contributed by atoms with Gasteiger partial charge in [0.25, 0.3) is 5.69 Å². The number of H-pyrrole nitrogens is 2.